The molecule has 3 rings (SSSR count). The van der Waals surface area contributed by atoms with Crippen molar-refractivity contribution < 1.29 is 4.52 Å². The maximum absolute atomic E-state index is 8.88. The third-order valence-corrected chi connectivity index (χ3v) is 4.24. The molecule has 1 saturated carbocycles. The van der Waals surface area contributed by atoms with Crippen LogP contribution in [0.15, 0.2) is 28.8 Å². The molecule has 1 aromatic heterocycles. The molecule has 1 aliphatic carbocycles. The second kappa shape index (κ2) is 6.29. The van der Waals surface area contributed by atoms with Gasteiger partial charge in [-0.25, -0.2) is 0 Å². The zero-order valence-corrected chi connectivity index (χ0v) is 13.0. The highest BCUT2D eigenvalue weighted by atomic mass is 16.5. The summed E-state index contributed by atoms with van der Waals surface area (Å²) in [6.07, 6.45) is 2.36. The second-order valence-corrected chi connectivity index (χ2v) is 5.79. The van der Waals surface area contributed by atoms with Crippen LogP contribution in [0.5, 0.6) is 0 Å². The SMILES string of the molecule is CCN(Cc1nc(C2CC2)no1)[C@@H](C)c1ccc(C#N)cc1. The van der Waals surface area contributed by atoms with E-state index < -0.39 is 0 Å². The van der Waals surface area contributed by atoms with Crippen molar-refractivity contribution in [3.05, 3.63) is 47.1 Å². The molecule has 1 heterocycles. The van der Waals surface area contributed by atoms with Gasteiger partial charge in [-0.15, -0.1) is 0 Å². The molecule has 0 unspecified atom stereocenters. The summed E-state index contributed by atoms with van der Waals surface area (Å²) in [5.74, 6) is 2.06. The molecular weight excluding hydrogens is 276 g/mol. The van der Waals surface area contributed by atoms with Crippen LogP contribution in [0, 0.1) is 11.3 Å². The minimum atomic E-state index is 0.231. The number of benzene rings is 1. The molecule has 0 amide bonds. The maximum atomic E-state index is 8.88. The largest absolute Gasteiger partial charge is 0.338 e. The highest BCUT2D eigenvalue weighted by Gasteiger charge is 2.29. The molecule has 22 heavy (non-hydrogen) atoms. The Hall–Kier alpha value is -2.19. The topological polar surface area (TPSA) is 66.0 Å². The first-order valence-electron chi connectivity index (χ1n) is 7.78. The smallest absolute Gasteiger partial charge is 0.240 e. The first kappa shape index (κ1) is 14.7. The van der Waals surface area contributed by atoms with E-state index >= 15 is 0 Å². The van der Waals surface area contributed by atoms with E-state index in [0.717, 1.165) is 12.4 Å². The predicted octanol–water partition coefficient (Wildman–Crippen LogP) is 3.40. The van der Waals surface area contributed by atoms with Crippen LogP contribution in [-0.4, -0.2) is 21.6 Å². The van der Waals surface area contributed by atoms with Crippen molar-refractivity contribution in [2.75, 3.05) is 6.54 Å². The molecule has 0 spiro atoms. The van der Waals surface area contributed by atoms with Crippen LogP contribution >= 0.6 is 0 Å². The van der Waals surface area contributed by atoms with Crippen molar-refractivity contribution in [1.29, 1.82) is 5.26 Å². The molecule has 0 bridgehead atoms. The summed E-state index contributed by atoms with van der Waals surface area (Å²) in [5.41, 5.74) is 1.87. The molecular formula is C17H20N4O. The molecule has 0 saturated heterocycles. The second-order valence-electron chi connectivity index (χ2n) is 5.79. The molecule has 0 radical (unpaired) electrons. The number of aromatic nitrogens is 2. The van der Waals surface area contributed by atoms with E-state index in [0.29, 0.717) is 23.9 Å². The first-order chi connectivity index (χ1) is 10.7. The zero-order chi connectivity index (χ0) is 15.5. The lowest BCUT2D eigenvalue weighted by atomic mass is 10.1. The quantitative estimate of drug-likeness (QED) is 0.817. The summed E-state index contributed by atoms with van der Waals surface area (Å²) in [5, 5.41) is 13.0. The molecule has 0 aliphatic heterocycles. The summed E-state index contributed by atoms with van der Waals surface area (Å²) in [6, 6.07) is 10.1. The van der Waals surface area contributed by atoms with E-state index in [2.05, 4.69) is 35.0 Å². The molecule has 1 aromatic carbocycles. The van der Waals surface area contributed by atoms with E-state index in [-0.39, 0.29) is 6.04 Å². The lowest BCUT2D eigenvalue weighted by Crippen LogP contribution is -2.26. The van der Waals surface area contributed by atoms with E-state index in [1.54, 1.807) is 0 Å². The lowest BCUT2D eigenvalue weighted by molar-refractivity contribution is 0.184. The lowest BCUT2D eigenvalue weighted by Gasteiger charge is -2.26. The van der Waals surface area contributed by atoms with Gasteiger partial charge in [0.2, 0.25) is 5.89 Å². The molecule has 1 fully saturated rings. The van der Waals surface area contributed by atoms with E-state index in [1.807, 2.05) is 24.3 Å². The van der Waals surface area contributed by atoms with Crippen LogP contribution < -0.4 is 0 Å². The zero-order valence-electron chi connectivity index (χ0n) is 13.0. The minimum Gasteiger partial charge on any atom is -0.338 e. The van der Waals surface area contributed by atoms with Crippen LogP contribution in [-0.2, 0) is 6.54 Å². The van der Waals surface area contributed by atoms with Crippen LogP contribution in [0.3, 0.4) is 0 Å². The molecule has 5 heteroatoms. The average molecular weight is 296 g/mol. The third-order valence-electron chi connectivity index (χ3n) is 4.24. The van der Waals surface area contributed by atoms with Gasteiger partial charge in [0.15, 0.2) is 5.82 Å². The fraction of sp³-hybridized carbons (Fsp3) is 0.471. The Morgan fingerprint density at radius 1 is 1.36 bits per heavy atom. The number of nitriles is 1. The third kappa shape index (κ3) is 3.18. The average Bonchev–Trinajstić information content (AvgIpc) is 3.31. The highest BCUT2D eigenvalue weighted by Crippen LogP contribution is 2.38. The Bertz CT molecular complexity index is 667. The normalized spacial score (nSPS) is 15.7. The van der Waals surface area contributed by atoms with E-state index in [9.17, 15) is 0 Å². The summed E-state index contributed by atoms with van der Waals surface area (Å²) in [6.45, 7) is 5.82. The highest BCUT2D eigenvalue weighted by molar-refractivity contribution is 5.32. The van der Waals surface area contributed by atoms with Crippen LogP contribution in [0.4, 0.5) is 0 Å². The van der Waals surface area contributed by atoms with Gasteiger partial charge in [-0.3, -0.25) is 4.90 Å². The van der Waals surface area contributed by atoms with E-state index in [1.165, 1.54) is 18.4 Å². The van der Waals surface area contributed by atoms with Gasteiger partial charge in [0.25, 0.3) is 0 Å². The van der Waals surface area contributed by atoms with Gasteiger partial charge in [0, 0.05) is 12.0 Å². The van der Waals surface area contributed by atoms with Crippen LogP contribution in [0.1, 0.15) is 61.5 Å². The van der Waals surface area contributed by atoms with Crippen molar-refractivity contribution in [2.45, 2.75) is 45.2 Å². The Morgan fingerprint density at radius 3 is 2.68 bits per heavy atom. The van der Waals surface area contributed by atoms with Gasteiger partial charge >= 0.3 is 0 Å². The number of rotatable bonds is 6. The molecule has 5 nitrogen and oxygen atoms in total. The van der Waals surface area contributed by atoms with Crippen LogP contribution in [0.2, 0.25) is 0 Å². The van der Waals surface area contributed by atoms with Gasteiger partial charge in [-0.1, -0.05) is 24.2 Å². The van der Waals surface area contributed by atoms with Crippen molar-refractivity contribution in [1.82, 2.24) is 15.0 Å². The maximum Gasteiger partial charge on any atom is 0.240 e. The molecule has 1 atom stereocenters. The predicted molar refractivity (Wildman–Crippen MR) is 81.9 cm³/mol. The molecule has 1 aliphatic rings. The van der Waals surface area contributed by atoms with Crippen molar-refractivity contribution >= 4 is 0 Å². The summed E-state index contributed by atoms with van der Waals surface area (Å²) < 4.78 is 5.37. The molecule has 114 valence electrons. The van der Waals surface area contributed by atoms with Crippen molar-refractivity contribution in [3.63, 3.8) is 0 Å². The number of hydrogen-bond donors (Lipinski definition) is 0. The van der Waals surface area contributed by atoms with Crippen molar-refractivity contribution in [3.8, 4) is 6.07 Å². The summed E-state index contributed by atoms with van der Waals surface area (Å²) in [7, 11) is 0. The van der Waals surface area contributed by atoms with Gasteiger partial charge in [0.05, 0.1) is 18.2 Å². The fourth-order valence-electron chi connectivity index (χ4n) is 2.58. The number of hydrogen-bond acceptors (Lipinski definition) is 5. The minimum absolute atomic E-state index is 0.231. The Labute approximate surface area is 130 Å². The van der Waals surface area contributed by atoms with Gasteiger partial charge in [-0.05, 0) is 44.0 Å². The van der Waals surface area contributed by atoms with Gasteiger partial charge in [-0.2, -0.15) is 10.2 Å². The summed E-state index contributed by atoms with van der Waals surface area (Å²) >= 11 is 0. The first-order valence-corrected chi connectivity index (χ1v) is 7.78. The van der Waals surface area contributed by atoms with Gasteiger partial charge in [0.1, 0.15) is 0 Å². The Balaban J connectivity index is 1.69. The monoisotopic (exact) mass is 296 g/mol. The molecule has 0 N–H and O–H groups in total. The van der Waals surface area contributed by atoms with Crippen molar-refractivity contribution in [2.24, 2.45) is 0 Å². The summed E-state index contributed by atoms with van der Waals surface area (Å²) in [4.78, 5) is 6.78. The Morgan fingerprint density at radius 2 is 2.09 bits per heavy atom. The standard InChI is InChI=1S/C17H20N4O/c1-3-21(11-16-19-17(20-22-16)15-8-9-15)12(2)14-6-4-13(10-18)5-7-14/h4-7,12,15H,3,8-9,11H2,1-2H3/t12-/m0/s1. The van der Waals surface area contributed by atoms with Gasteiger partial charge < -0.3 is 4.52 Å². The van der Waals surface area contributed by atoms with E-state index in [4.69, 9.17) is 9.78 Å². The Kier molecular flexibility index (Phi) is 4.21. The van der Waals surface area contributed by atoms with Crippen LogP contribution in [0.25, 0.3) is 0 Å². The molecule has 2 aromatic rings. The fourth-order valence-corrected chi connectivity index (χ4v) is 2.58. The number of nitrogens with zero attached hydrogens (tertiary/aromatic N) is 4.